The molecular formula is C28H19Cl2N3OS. The van der Waals surface area contributed by atoms with Gasteiger partial charge in [0, 0.05) is 41.0 Å². The fourth-order valence-electron chi connectivity index (χ4n) is 3.60. The zero-order chi connectivity index (χ0) is 24.2. The average Bonchev–Trinajstić information content (AvgIpc) is 3.40. The number of amides is 1. The lowest BCUT2D eigenvalue weighted by Crippen LogP contribution is -2.22. The third-order valence-corrected chi connectivity index (χ3v) is 7.14. The zero-order valence-corrected chi connectivity index (χ0v) is 20.7. The Morgan fingerprint density at radius 3 is 2.20 bits per heavy atom. The van der Waals surface area contributed by atoms with Gasteiger partial charge in [0.05, 0.1) is 15.7 Å². The molecule has 0 aliphatic carbocycles. The Balaban J connectivity index is 1.26. The minimum absolute atomic E-state index is 0.114. The molecule has 0 saturated heterocycles. The number of carbonyl (C=O) groups excluding carboxylic acids is 1. The molecule has 2 heterocycles. The maximum absolute atomic E-state index is 12.5. The second-order valence-electron chi connectivity index (χ2n) is 7.87. The molecule has 0 aliphatic rings. The lowest BCUT2D eigenvalue weighted by atomic mass is 10.0. The average molecular weight is 516 g/mol. The van der Waals surface area contributed by atoms with Crippen LogP contribution in [0.2, 0.25) is 10.0 Å². The van der Waals surface area contributed by atoms with Crippen LogP contribution in [-0.4, -0.2) is 15.9 Å². The van der Waals surface area contributed by atoms with Crippen LogP contribution < -0.4 is 5.32 Å². The van der Waals surface area contributed by atoms with E-state index < -0.39 is 0 Å². The minimum Gasteiger partial charge on any atom is -0.348 e. The summed E-state index contributed by atoms with van der Waals surface area (Å²) in [6.45, 7) is 0.444. The van der Waals surface area contributed by atoms with Crippen molar-refractivity contribution in [3.05, 3.63) is 118 Å². The van der Waals surface area contributed by atoms with Gasteiger partial charge in [-0.25, -0.2) is 4.98 Å². The van der Waals surface area contributed by atoms with Gasteiger partial charge in [-0.3, -0.25) is 9.78 Å². The van der Waals surface area contributed by atoms with Gasteiger partial charge in [-0.05, 0) is 47.0 Å². The normalized spacial score (nSPS) is 10.8. The monoisotopic (exact) mass is 515 g/mol. The molecule has 0 spiro atoms. The minimum atomic E-state index is -0.114. The summed E-state index contributed by atoms with van der Waals surface area (Å²) in [6.07, 6.45) is 3.45. The van der Waals surface area contributed by atoms with Gasteiger partial charge in [-0.15, -0.1) is 11.3 Å². The van der Waals surface area contributed by atoms with Crippen molar-refractivity contribution in [1.82, 2.24) is 15.3 Å². The van der Waals surface area contributed by atoms with E-state index in [-0.39, 0.29) is 5.91 Å². The second kappa shape index (κ2) is 10.4. The number of nitrogens with zero attached hydrogens (tertiary/aromatic N) is 2. The molecule has 1 amide bonds. The van der Waals surface area contributed by atoms with E-state index >= 15 is 0 Å². The molecule has 172 valence electrons. The predicted octanol–water partition coefficient (Wildman–Crippen LogP) is 7.78. The molecule has 1 N–H and O–H groups in total. The SMILES string of the molecule is O=C(NCc1cccnc1)c1ccc(-c2ccc(-c3nc(-c4ccc(Cl)c(Cl)c4)cs3)cc2)cc1. The molecule has 5 rings (SSSR count). The van der Waals surface area contributed by atoms with E-state index in [1.165, 1.54) is 0 Å². The molecule has 0 unspecified atom stereocenters. The van der Waals surface area contributed by atoms with E-state index in [9.17, 15) is 4.79 Å². The molecule has 0 bridgehead atoms. The fourth-order valence-corrected chi connectivity index (χ4v) is 4.73. The van der Waals surface area contributed by atoms with Gasteiger partial charge in [0.15, 0.2) is 0 Å². The van der Waals surface area contributed by atoms with Crippen LogP contribution in [0.4, 0.5) is 0 Å². The van der Waals surface area contributed by atoms with Crippen LogP contribution in [0.15, 0.2) is 96.6 Å². The molecular weight excluding hydrogens is 497 g/mol. The van der Waals surface area contributed by atoms with Crippen molar-refractivity contribution >= 4 is 40.4 Å². The summed E-state index contributed by atoms with van der Waals surface area (Å²) in [5.41, 5.74) is 6.52. The Morgan fingerprint density at radius 2 is 1.51 bits per heavy atom. The molecule has 0 radical (unpaired) electrons. The highest BCUT2D eigenvalue weighted by atomic mass is 35.5. The van der Waals surface area contributed by atoms with Gasteiger partial charge in [0.25, 0.3) is 5.91 Å². The number of hydrogen-bond donors (Lipinski definition) is 1. The molecule has 35 heavy (non-hydrogen) atoms. The maximum atomic E-state index is 12.5. The van der Waals surface area contributed by atoms with E-state index in [0.717, 1.165) is 38.5 Å². The van der Waals surface area contributed by atoms with Crippen LogP contribution >= 0.6 is 34.5 Å². The number of pyridine rings is 1. The van der Waals surface area contributed by atoms with E-state index in [2.05, 4.69) is 34.6 Å². The molecule has 0 atom stereocenters. The Morgan fingerprint density at radius 1 is 0.829 bits per heavy atom. The summed E-state index contributed by atoms with van der Waals surface area (Å²) in [6, 6.07) is 25.1. The second-order valence-corrected chi connectivity index (χ2v) is 9.54. The summed E-state index contributed by atoms with van der Waals surface area (Å²) in [4.78, 5) is 21.3. The van der Waals surface area contributed by atoms with Crippen molar-refractivity contribution in [3.63, 3.8) is 0 Å². The van der Waals surface area contributed by atoms with E-state index in [1.54, 1.807) is 29.8 Å². The number of thiazole rings is 1. The van der Waals surface area contributed by atoms with Gasteiger partial charge >= 0.3 is 0 Å². The number of benzene rings is 3. The van der Waals surface area contributed by atoms with Crippen molar-refractivity contribution in [2.24, 2.45) is 0 Å². The largest absolute Gasteiger partial charge is 0.348 e. The number of aromatic nitrogens is 2. The fraction of sp³-hybridized carbons (Fsp3) is 0.0357. The number of rotatable bonds is 6. The molecule has 4 nitrogen and oxygen atoms in total. The molecule has 0 fully saturated rings. The van der Waals surface area contributed by atoms with Crippen molar-refractivity contribution in [3.8, 4) is 33.0 Å². The van der Waals surface area contributed by atoms with E-state index in [4.69, 9.17) is 28.2 Å². The molecule has 0 aliphatic heterocycles. The standard InChI is InChI=1S/C28H19Cl2N3OS/c29-24-12-11-23(14-25(24)30)26-17-35-28(33-26)22-9-5-20(6-10-22)19-3-7-21(8-4-19)27(34)32-16-18-2-1-13-31-15-18/h1-15,17H,16H2,(H,32,34). The summed E-state index contributed by atoms with van der Waals surface area (Å²) < 4.78 is 0. The van der Waals surface area contributed by atoms with Gasteiger partial charge in [0.1, 0.15) is 5.01 Å². The van der Waals surface area contributed by atoms with Gasteiger partial charge < -0.3 is 5.32 Å². The third kappa shape index (κ3) is 5.43. The molecule has 5 aromatic rings. The van der Waals surface area contributed by atoms with Crippen molar-refractivity contribution in [2.75, 3.05) is 0 Å². The zero-order valence-electron chi connectivity index (χ0n) is 18.4. The first-order chi connectivity index (χ1) is 17.1. The first-order valence-corrected chi connectivity index (χ1v) is 12.5. The van der Waals surface area contributed by atoms with Crippen LogP contribution in [0.25, 0.3) is 33.0 Å². The summed E-state index contributed by atoms with van der Waals surface area (Å²) in [5.74, 6) is -0.114. The number of nitrogens with one attached hydrogen (secondary N) is 1. The smallest absolute Gasteiger partial charge is 0.251 e. The predicted molar refractivity (Wildman–Crippen MR) is 144 cm³/mol. The molecule has 3 aromatic carbocycles. The quantitative estimate of drug-likeness (QED) is 0.251. The van der Waals surface area contributed by atoms with Crippen LogP contribution in [0.3, 0.4) is 0 Å². The lowest BCUT2D eigenvalue weighted by molar-refractivity contribution is 0.0951. The van der Waals surface area contributed by atoms with Crippen molar-refractivity contribution in [2.45, 2.75) is 6.54 Å². The van der Waals surface area contributed by atoms with Gasteiger partial charge in [-0.1, -0.05) is 71.7 Å². The third-order valence-electron chi connectivity index (χ3n) is 5.51. The Kier molecular flexibility index (Phi) is 6.91. The van der Waals surface area contributed by atoms with Gasteiger partial charge in [-0.2, -0.15) is 0 Å². The number of hydrogen-bond acceptors (Lipinski definition) is 4. The number of halogens is 2. The van der Waals surface area contributed by atoms with Gasteiger partial charge in [0.2, 0.25) is 0 Å². The topological polar surface area (TPSA) is 54.9 Å². The van der Waals surface area contributed by atoms with Crippen LogP contribution in [-0.2, 0) is 6.54 Å². The molecule has 2 aromatic heterocycles. The molecule has 0 saturated carbocycles. The Labute approximate surface area is 217 Å². The molecule has 7 heteroatoms. The van der Waals surface area contributed by atoms with Crippen LogP contribution in [0.5, 0.6) is 0 Å². The van der Waals surface area contributed by atoms with Crippen LogP contribution in [0, 0.1) is 0 Å². The maximum Gasteiger partial charge on any atom is 0.251 e. The van der Waals surface area contributed by atoms with Crippen molar-refractivity contribution < 1.29 is 4.79 Å². The Hall–Kier alpha value is -3.51. The summed E-state index contributed by atoms with van der Waals surface area (Å²) in [5, 5.41) is 6.91. The first kappa shape index (κ1) is 23.2. The highest BCUT2D eigenvalue weighted by Crippen LogP contribution is 2.33. The first-order valence-electron chi connectivity index (χ1n) is 10.9. The van der Waals surface area contributed by atoms with Crippen LogP contribution in [0.1, 0.15) is 15.9 Å². The highest BCUT2D eigenvalue weighted by molar-refractivity contribution is 7.13. The summed E-state index contributed by atoms with van der Waals surface area (Å²) >= 11 is 13.8. The Bertz CT molecular complexity index is 1470. The summed E-state index contributed by atoms with van der Waals surface area (Å²) in [7, 11) is 0. The number of carbonyl (C=O) groups is 1. The van der Waals surface area contributed by atoms with Crippen molar-refractivity contribution in [1.29, 1.82) is 0 Å². The van der Waals surface area contributed by atoms with E-state index in [0.29, 0.717) is 22.2 Å². The van der Waals surface area contributed by atoms with E-state index in [1.807, 2.05) is 53.9 Å². The lowest BCUT2D eigenvalue weighted by Gasteiger charge is -2.07. The highest BCUT2D eigenvalue weighted by Gasteiger charge is 2.10.